The number of aromatic nitrogens is 2. The Labute approximate surface area is 134 Å². The van der Waals surface area contributed by atoms with Gasteiger partial charge in [-0.15, -0.1) is 0 Å². The number of aliphatic hydroxyl groups is 1. The van der Waals surface area contributed by atoms with E-state index in [4.69, 9.17) is 14.6 Å². The molecule has 0 radical (unpaired) electrons. The number of rotatable bonds is 8. The molecule has 2 heterocycles. The minimum Gasteiger partial charge on any atom is -0.391 e. The summed E-state index contributed by atoms with van der Waals surface area (Å²) < 4.78 is 11.8. The van der Waals surface area contributed by atoms with E-state index in [0.717, 1.165) is 25.7 Å². The summed E-state index contributed by atoms with van der Waals surface area (Å²) in [6.07, 6.45) is 4.64. The van der Waals surface area contributed by atoms with Crippen LogP contribution < -0.4 is 11.0 Å². The Morgan fingerprint density at radius 1 is 1.48 bits per heavy atom. The first-order chi connectivity index (χ1) is 11.1. The zero-order valence-electron chi connectivity index (χ0n) is 13.2. The lowest BCUT2D eigenvalue weighted by Crippen LogP contribution is -2.29. The van der Waals surface area contributed by atoms with E-state index in [-0.39, 0.29) is 24.9 Å². The molecule has 23 heavy (non-hydrogen) atoms. The number of aliphatic hydroxyl groups excluding tert-OH is 1. The summed E-state index contributed by atoms with van der Waals surface area (Å²) >= 11 is 0. The van der Waals surface area contributed by atoms with Gasteiger partial charge in [-0.25, -0.2) is 4.79 Å². The zero-order chi connectivity index (χ0) is 16.7. The van der Waals surface area contributed by atoms with Crippen LogP contribution in [0.25, 0.3) is 0 Å². The van der Waals surface area contributed by atoms with Crippen LogP contribution in [0.5, 0.6) is 0 Å². The van der Waals surface area contributed by atoms with Crippen molar-refractivity contribution in [1.29, 1.82) is 0 Å². The van der Waals surface area contributed by atoms with Crippen molar-refractivity contribution in [3.63, 3.8) is 0 Å². The SMILES string of the molecule is CCCCCCC(=O)Nc1ccn(C2COC(CO)O2)c(=O)n1. The molecule has 0 aromatic carbocycles. The van der Waals surface area contributed by atoms with E-state index in [9.17, 15) is 9.59 Å². The lowest BCUT2D eigenvalue weighted by Gasteiger charge is -2.12. The van der Waals surface area contributed by atoms with Crippen molar-refractivity contribution in [3.8, 4) is 0 Å². The summed E-state index contributed by atoms with van der Waals surface area (Å²) in [5.41, 5.74) is -0.541. The molecule has 0 aliphatic carbocycles. The first kappa shape index (κ1) is 17.6. The fraction of sp³-hybridized carbons (Fsp3) is 0.667. The second kappa shape index (κ2) is 8.76. The molecule has 2 atom stereocenters. The van der Waals surface area contributed by atoms with Crippen LogP contribution in [-0.4, -0.2) is 40.1 Å². The maximum Gasteiger partial charge on any atom is 0.351 e. The number of ether oxygens (including phenoxy) is 2. The van der Waals surface area contributed by atoms with Crippen molar-refractivity contribution in [2.45, 2.75) is 51.5 Å². The predicted octanol–water partition coefficient (Wildman–Crippen LogP) is 1.02. The van der Waals surface area contributed by atoms with Gasteiger partial charge in [-0.1, -0.05) is 26.2 Å². The second-order valence-corrected chi connectivity index (χ2v) is 5.40. The third-order valence-electron chi connectivity index (χ3n) is 3.55. The van der Waals surface area contributed by atoms with Gasteiger partial charge in [0, 0.05) is 12.6 Å². The second-order valence-electron chi connectivity index (χ2n) is 5.40. The number of nitrogens with one attached hydrogen (secondary N) is 1. The highest BCUT2D eigenvalue weighted by molar-refractivity contribution is 5.89. The lowest BCUT2D eigenvalue weighted by atomic mass is 10.1. The molecule has 1 aromatic heterocycles. The van der Waals surface area contributed by atoms with Crippen molar-refractivity contribution in [1.82, 2.24) is 9.55 Å². The van der Waals surface area contributed by atoms with Gasteiger partial charge in [0.2, 0.25) is 5.91 Å². The van der Waals surface area contributed by atoms with Gasteiger partial charge >= 0.3 is 5.69 Å². The first-order valence-electron chi connectivity index (χ1n) is 7.91. The van der Waals surface area contributed by atoms with Gasteiger partial charge in [0.05, 0.1) is 13.2 Å². The number of hydrogen-bond acceptors (Lipinski definition) is 6. The van der Waals surface area contributed by atoms with E-state index in [0.29, 0.717) is 6.42 Å². The maximum absolute atomic E-state index is 12.0. The first-order valence-corrected chi connectivity index (χ1v) is 7.91. The van der Waals surface area contributed by atoms with Gasteiger partial charge in [-0.3, -0.25) is 9.36 Å². The lowest BCUT2D eigenvalue weighted by molar-refractivity contribution is -0.116. The van der Waals surface area contributed by atoms with E-state index >= 15 is 0 Å². The highest BCUT2D eigenvalue weighted by Crippen LogP contribution is 2.19. The van der Waals surface area contributed by atoms with Crippen LogP contribution in [0.15, 0.2) is 17.1 Å². The molecule has 128 valence electrons. The quantitative estimate of drug-likeness (QED) is 0.692. The third kappa shape index (κ3) is 5.12. The highest BCUT2D eigenvalue weighted by Gasteiger charge is 2.27. The number of hydrogen-bond donors (Lipinski definition) is 2. The molecule has 0 spiro atoms. The van der Waals surface area contributed by atoms with E-state index in [1.165, 1.54) is 10.8 Å². The fourth-order valence-electron chi connectivity index (χ4n) is 2.30. The molecule has 1 fully saturated rings. The van der Waals surface area contributed by atoms with Crippen LogP contribution in [0.3, 0.4) is 0 Å². The van der Waals surface area contributed by atoms with Crippen molar-refractivity contribution in [2.75, 3.05) is 18.5 Å². The molecule has 1 aromatic rings. The fourth-order valence-corrected chi connectivity index (χ4v) is 2.30. The molecule has 0 bridgehead atoms. The molecule has 8 nitrogen and oxygen atoms in total. The largest absolute Gasteiger partial charge is 0.391 e. The number of unbranched alkanes of at least 4 members (excludes halogenated alkanes) is 3. The molecule has 8 heteroatoms. The summed E-state index contributed by atoms with van der Waals surface area (Å²) in [4.78, 5) is 27.6. The highest BCUT2D eigenvalue weighted by atomic mass is 16.7. The molecule has 0 saturated carbocycles. The van der Waals surface area contributed by atoms with Crippen molar-refractivity contribution >= 4 is 11.7 Å². The van der Waals surface area contributed by atoms with Crippen LogP contribution in [0.2, 0.25) is 0 Å². The molecule has 2 unspecified atom stereocenters. The minimum absolute atomic E-state index is 0.147. The standard InChI is InChI=1S/C15H23N3O5/c1-2-3-4-5-6-12(20)16-11-7-8-18(15(21)17-11)13-10-22-14(9-19)23-13/h7-8,13-14,19H,2-6,9-10H2,1H3,(H,16,17,20,21). The number of amides is 1. The molecule has 2 rings (SSSR count). The topological polar surface area (TPSA) is 103 Å². The summed E-state index contributed by atoms with van der Waals surface area (Å²) in [6, 6.07) is 1.54. The summed E-state index contributed by atoms with van der Waals surface area (Å²) in [5.74, 6) is 0.0795. The average molecular weight is 325 g/mol. The summed E-state index contributed by atoms with van der Waals surface area (Å²) in [6.45, 7) is 2.00. The van der Waals surface area contributed by atoms with Crippen molar-refractivity contribution in [3.05, 3.63) is 22.7 Å². The van der Waals surface area contributed by atoms with E-state index in [2.05, 4.69) is 17.2 Å². The van der Waals surface area contributed by atoms with E-state index in [1.54, 1.807) is 6.07 Å². The van der Waals surface area contributed by atoms with Gasteiger partial charge < -0.3 is 19.9 Å². The van der Waals surface area contributed by atoms with E-state index in [1.807, 2.05) is 0 Å². The molecule has 1 aliphatic heterocycles. The Balaban J connectivity index is 1.89. The molecular weight excluding hydrogens is 302 g/mol. The smallest absolute Gasteiger partial charge is 0.351 e. The number of anilines is 1. The summed E-state index contributed by atoms with van der Waals surface area (Å²) in [7, 11) is 0. The molecule has 1 saturated heterocycles. The van der Waals surface area contributed by atoms with Crippen LogP contribution in [0.4, 0.5) is 5.82 Å². The average Bonchev–Trinajstić information content (AvgIpc) is 3.00. The number of carbonyl (C=O) groups is 1. The number of nitrogens with zero attached hydrogens (tertiary/aromatic N) is 2. The monoisotopic (exact) mass is 325 g/mol. The van der Waals surface area contributed by atoms with Gasteiger partial charge in [0.15, 0.2) is 12.5 Å². The van der Waals surface area contributed by atoms with Gasteiger partial charge in [-0.2, -0.15) is 4.98 Å². The van der Waals surface area contributed by atoms with Crippen LogP contribution >= 0.6 is 0 Å². The Bertz CT molecular complexity index is 574. The molecular formula is C15H23N3O5. The normalized spacial score (nSPS) is 20.6. The van der Waals surface area contributed by atoms with Crippen LogP contribution in [0, 0.1) is 0 Å². The predicted molar refractivity (Wildman–Crippen MR) is 82.8 cm³/mol. The Hall–Kier alpha value is -1.77. The summed E-state index contributed by atoms with van der Waals surface area (Å²) in [5, 5.41) is 11.6. The maximum atomic E-state index is 12.0. The Kier molecular flexibility index (Phi) is 6.69. The zero-order valence-corrected chi connectivity index (χ0v) is 13.2. The van der Waals surface area contributed by atoms with Gasteiger partial charge in [0.1, 0.15) is 5.82 Å². The van der Waals surface area contributed by atoms with Gasteiger partial charge in [0.25, 0.3) is 0 Å². The van der Waals surface area contributed by atoms with Crippen LogP contribution in [0.1, 0.15) is 45.3 Å². The third-order valence-corrected chi connectivity index (χ3v) is 3.55. The Morgan fingerprint density at radius 2 is 2.30 bits per heavy atom. The minimum atomic E-state index is -0.727. The number of carbonyl (C=O) groups excluding carboxylic acids is 1. The van der Waals surface area contributed by atoms with Crippen LogP contribution in [-0.2, 0) is 14.3 Å². The molecule has 1 aliphatic rings. The molecule has 2 N–H and O–H groups in total. The molecule has 1 amide bonds. The van der Waals surface area contributed by atoms with Gasteiger partial charge in [-0.05, 0) is 12.5 Å². The van der Waals surface area contributed by atoms with Crippen molar-refractivity contribution in [2.24, 2.45) is 0 Å². The Morgan fingerprint density at radius 3 is 2.96 bits per heavy atom. The van der Waals surface area contributed by atoms with Crippen molar-refractivity contribution < 1.29 is 19.4 Å². The van der Waals surface area contributed by atoms with E-state index < -0.39 is 18.2 Å².